The first-order valence-corrected chi connectivity index (χ1v) is 6.92. The number of anilines is 1. The molecule has 0 aliphatic rings. The molecule has 104 valence electrons. The number of nitrogens with one attached hydrogen (secondary N) is 1. The molecule has 0 saturated heterocycles. The van der Waals surface area contributed by atoms with E-state index in [-0.39, 0.29) is 14.9 Å². The average molecular weight is 387 g/mol. The lowest BCUT2D eigenvalue weighted by Crippen LogP contribution is -2.07. The first-order chi connectivity index (χ1) is 9.58. The van der Waals surface area contributed by atoms with Crippen LogP contribution in [-0.4, -0.2) is 16.5 Å². The van der Waals surface area contributed by atoms with Crippen LogP contribution in [0.2, 0.25) is 0 Å². The van der Waals surface area contributed by atoms with E-state index in [1.54, 1.807) is 35.0 Å². The molecule has 0 spiro atoms. The lowest BCUT2D eigenvalue weighted by molar-refractivity contribution is -0.384. The molecule has 7 heteroatoms. The van der Waals surface area contributed by atoms with Crippen molar-refractivity contribution in [3.05, 3.63) is 61.7 Å². The number of aromatic nitrogens is 1. The van der Waals surface area contributed by atoms with Crippen LogP contribution in [0.1, 0.15) is 5.56 Å². The minimum Gasteiger partial charge on any atom is -0.379 e. The van der Waals surface area contributed by atoms with Gasteiger partial charge in [-0.25, -0.2) is 4.39 Å². The molecule has 0 unspecified atom stereocenters. The van der Waals surface area contributed by atoms with Crippen molar-refractivity contribution in [1.29, 1.82) is 0 Å². The monoisotopic (exact) mass is 387 g/mol. The van der Waals surface area contributed by atoms with E-state index in [0.717, 1.165) is 11.6 Å². The van der Waals surface area contributed by atoms with Crippen LogP contribution in [-0.2, 0) is 6.42 Å². The number of benzene rings is 1. The largest absolute Gasteiger partial charge is 0.379 e. The van der Waals surface area contributed by atoms with Gasteiger partial charge in [-0.15, -0.1) is 0 Å². The standard InChI is InChI=1S/C13H11FIN3O2/c14-10-7-12(13(18(19)20)8-11(10)15)17-6-3-9-1-4-16-5-2-9/h1-2,4-5,7-8,17H,3,6H2. The Morgan fingerprint density at radius 1 is 1.35 bits per heavy atom. The fourth-order valence-electron chi connectivity index (χ4n) is 1.72. The normalized spacial score (nSPS) is 10.3. The van der Waals surface area contributed by atoms with Crippen LogP contribution in [0.4, 0.5) is 15.8 Å². The van der Waals surface area contributed by atoms with Crippen molar-refractivity contribution in [2.24, 2.45) is 0 Å². The smallest absolute Gasteiger partial charge is 0.293 e. The van der Waals surface area contributed by atoms with Crippen molar-refractivity contribution < 1.29 is 9.31 Å². The Balaban J connectivity index is 2.09. The summed E-state index contributed by atoms with van der Waals surface area (Å²) in [6.07, 6.45) is 4.04. The van der Waals surface area contributed by atoms with Crippen LogP contribution >= 0.6 is 22.6 Å². The third-order valence-electron chi connectivity index (χ3n) is 2.71. The number of pyridine rings is 1. The second kappa shape index (κ2) is 6.60. The minimum atomic E-state index is -0.517. The van der Waals surface area contributed by atoms with Crippen LogP contribution in [0.25, 0.3) is 0 Å². The maximum Gasteiger partial charge on any atom is 0.293 e. The SMILES string of the molecule is O=[N+]([O-])c1cc(I)c(F)cc1NCCc1ccncc1. The molecule has 1 aromatic heterocycles. The fraction of sp³-hybridized carbons (Fsp3) is 0.154. The molecule has 1 N–H and O–H groups in total. The lowest BCUT2D eigenvalue weighted by atomic mass is 10.2. The van der Waals surface area contributed by atoms with Crippen molar-refractivity contribution in [1.82, 2.24) is 4.98 Å². The van der Waals surface area contributed by atoms with Crippen molar-refractivity contribution in [2.75, 3.05) is 11.9 Å². The first-order valence-electron chi connectivity index (χ1n) is 5.84. The topological polar surface area (TPSA) is 68.1 Å². The molecule has 2 rings (SSSR count). The molecule has 1 aromatic carbocycles. The molecule has 0 saturated carbocycles. The van der Waals surface area contributed by atoms with Crippen molar-refractivity contribution >= 4 is 34.0 Å². The predicted molar refractivity (Wildman–Crippen MR) is 82.2 cm³/mol. The Labute approximate surface area is 128 Å². The Bertz CT molecular complexity index is 623. The van der Waals surface area contributed by atoms with Crippen LogP contribution in [0.15, 0.2) is 36.7 Å². The minimum absolute atomic E-state index is 0.120. The number of hydrogen-bond acceptors (Lipinski definition) is 4. The first kappa shape index (κ1) is 14.6. The summed E-state index contributed by atoms with van der Waals surface area (Å²) in [6.45, 7) is 0.477. The molecule has 0 amide bonds. The second-order valence-electron chi connectivity index (χ2n) is 4.07. The van der Waals surface area contributed by atoms with Gasteiger partial charge in [0.1, 0.15) is 11.5 Å². The third kappa shape index (κ3) is 3.62. The molecular formula is C13H11FIN3O2. The summed E-state index contributed by atoms with van der Waals surface area (Å²) in [5.74, 6) is -0.470. The Morgan fingerprint density at radius 3 is 2.70 bits per heavy atom. The highest BCUT2D eigenvalue weighted by molar-refractivity contribution is 14.1. The number of nitro benzene ring substituents is 1. The van der Waals surface area contributed by atoms with Gasteiger partial charge in [-0.05, 0) is 46.7 Å². The van der Waals surface area contributed by atoms with E-state index in [9.17, 15) is 14.5 Å². The quantitative estimate of drug-likeness (QED) is 0.485. The highest BCUT2D eigenvalue weighted by Gasteiger charge is 2.17. The summed E-state index contributed by atoms with van der Waals surface area (Å²) >= 11 is 1.73. The van der Waals surface area contributed by atoms with Gasteiger partial charge in [-0.3, -0.25) is 15.1 Å². The van der Waals surface area contributed by atoms with Crippen LogP contribution in [0.3, 0.4) is 0 Å². The van der Waals surface area contributed by atoms with Crippen LogP contribution in [0.5, 0.6) is 0 Å². The van der Waals surface area contributed by atoms with Crippen LogP contribution in [0, 0.1) is 19.5 Å². The molecular weight excluding hydrogens is 376 g/mol. The van der Waals surface area contributed by atoms with Gasteiger partial charge in [0.15, 0.2) is 0 Å². The summed E-state index contributed by atoms with van der Waals surface area (Å²) in [5, 5.41) is 13.9. The maximum absolute atomic E-state index is 13.5. The number of nitro groups is 1. The van der Waals surface area contributed by atoms with E-state index in [1.165, 1.54) is 6.07 Å². The average Bonchev–Trinajstić information content (AvgIpc) is 2.43. The van der Waals surface area contributed by atoms with E-state index in [0.29, 0.717) is 13.0 Å². The zero-order valence-electron chi connectivity index (χ0n) is 10.3. The molecule has 0 aliphatic carbocycles. The van der Waals surface area contributed by atoms with Gasteiger partial charge in [-0.2, -0.15) is 0 Å². The Kier molecular flexibility index (Phi) is 4.83. The second-order valence-corrected chi connectivity index (χ2v) is 5.24. The summed E-state index contributed by atoms with van der Waals surface area (Å²) in [4.78, 5) is 14.3. The summed E-state index contributed by atoms with van der Waals surface area (Å²) < 4.78 is 13.7. The maximum atomic E-state index is 13.5. The summed E-state index contributed by atoms with van der Waals surface area (Å²) in [6, 6.07) is 6.12. The highest BCUT2D eigenvalue weighted by atomic mass is 127. The van der Waals surface area contributed by atoms with E-state index in [4.69, 9.17) is 0 Å². The molecule has 0 bridgehead atoms. The van der Waals surface area contributed by atoms with E-state index in [2.05, 4.69) is 10.3 Å². The summed E-state index contributed by atoms with van der Waals surface area (Å²) in [7, 11) is 0. The number of halogens is 2. The van der Waals surface area contributed by atoms with E-state index >= 15 is 0 Å². The number of nitrogens with zero attached hydrogens (tertiary/aromatic N) is 2. The van der Waals surface area contributed by atoms with Gasteiger partial charge in [-0.1, -0.05) is 0 Å². The zero-order chi connectivity index (χ0) is 14.5. The van der Waals surface area contributed by atoms with E-state index in [1.807, 2.05) is 12.1 Å². The van der Waals surface area contributed by atoms with Gasteiger partial charge < -0.3 is 5.32 Å². The number of hydrogen-bond donors (Lipinski definition) is 1. The van der Waals surface area contributed by atoms with Gasteiger partial charge in [0.05, 0.1) is 8.49 Å². The molecule has 5 nitrogen and oxygen atoms in total. The van der Waals surface area contributed by atoms with Gasteiger partial charge in [0.2, 0.25) is 0 Å². The van der Waals surface area contributed by atoms with Crippen LogP contribution < -0.4 is 5.32 Å². The zero-order valence-corrected chi connectivity index (χ0v) is 12.5. The molecule has 0 radical (unpaired) electrons. The molecule has 2 aromatic rings. The van der Waals surface area contributed by atoms with Gasteiger partial charge >= 0.3 is 0 Å². The van der Waals surface area contributed by atoms with Crippen molar-refractivity contribution in [3.8, 4) is 0 Å². The highest BCUT2D eigenvalue weighted by Crippen LogP contribution is 2.28. The molecule has 1 heterocycles. The van der Waals surface area contributed by atoms with Crippen molar-refractivity contribution in [3.63, 3.8) is 0 Å². The molecule has 0 fully saturated rings. The fourth-order valence-corrected chi connectivity index (χ4v) is 2.17. The third-order valence-corrected chi connectivity index (χ3v) is 3.54. The predicted octanol–water partition coefficient (Wildman–Crippen LogP) is 3.39. The molecule has 0 atom stereocenters. The van der Waals surface area contributed by atoms with Gasteiger partial charge in [0, 0.05) is 31.1 Å². The van der Waals surface area contributed by atoms with Gasteiger partial charge in [0.25, 0.3) is 5.69 Å². The lowest BCUT2D eigenvalue weighted by Gasteiger charge is -2.08. The summed E-state index contributed by atoms with van der Waals surface area (Å²) in [5.41, 5.74) is 1.13. The van der Waals surface area contributed by atoms with Crippen molar-refractivity contribution in [2.45, 2.75) is 6.42 Å². The Hall–Kier alpha value is -1.77. The van der Waals surface area contributed by atoms with E-state index < -0.39 is 10.7 Å². The number of rotatable bonds is 5. The molecule has 0 aliphatic heterocycles. The molecule has 20 heavy (non-hydrogen) atoms. The Morgan fingerprint density at radius 2 is 2.05 bits per heavy atom.